The topological polar surface area (TPSA) is 55.6 Å². The van der Waals surface area contributed by atoms with Gasteiger partial charge in [0.05, 0.1) is 12.8 Å². The minimum atomic E-state index is -0.131. The highest BCUT2D eigenvalue weighted by Gasteiger charge is 2.27. The quantitative estimate of drug-likeness (QED) is 0.854. The van der Waals surface area contributed by atoms with E-state index in [1.807, 2.05) is 6.07 Å². The third-order valence-electron chi connectivity index (χ3n) is 2.60. The lowest BCUT2D eigenvalue weighted by atomic mass is 10.3. The second-order valence-electron chi connectivity index (χ2n) is 3.82. The lowest BCUT2D eigenvalue weighted by Gasteiger charge is -2.27. The fourth-order valence-corrected chi connectivity index (χ4v) is 2.09. The van der Waals surface area contributed by atoms with Gasteiger partial charge in [0.25, 0.3) is 5.91 Å². The summed E-state index contributed by atoms with van der Waals surface area (Å²) in [6.07, 6.45) is 3.21. The van der Waals surface area contributed by atoms with E-state index in [4.69, 9.17) is 9.15 Å². The summed E-state index contributed by atoms with van der Waals surface area (Å²) in [6.45, 7) is 0.378. The molecule has 0 saturated heterocycles. The Morgan fingerprint density at radius 3 is 3.17 bits per heavy atom. The van der Waals surface area contributed by atoms with Crippen LogP contribution < -0.4 is 9.64 Å². The summed E-state index contributed by atoms with van der Waals surface area (Å²) >= 11 is 3.32. The molecular formula is C12H9BrN2O3. The lowest BCUT2D eigenvalue weighted by molar-refractivity contribution is -0.121. The monoisotopic (exact) mass is 308 g/mol. The number of nitrogens with zero attached hydrogens (tertiary/aromatic N) is 2. The van der Waals surface area contributed by atoms with Crippen molar-refractivity contribution in [2.24, 2.45) is 0 Å². The van der Waals surface area contributed by atoms with Crippen LogP contribution in [0.15, 0.2) is 39.5 Å². The zero-order valence-electron chi connectivity index (χ0n) is 9.30. The summed E-state index contributed by atoms with van der Waals surface area (Å²) in [5.41, 5.74) is 0. The molecule has 0 spiro atoms. The number of ether oxygens (including phenoxy) is 1. The van der Waals surface area contributed by atoms with Gasteiger partial charge in [-0.1, -0.05) is 0 Å². The number of anilines is 1. The van der Waals surface area contributed by atoms with Crippen LogP contribution in [0.4, 0.5) is 5.82 Å². The van der Waals surface area contributed by atoms with Crippen molar-refractivity contribution in [3.8, 4) is 5.75 Å². The van der Waals surface area contributed by atoms with Crippen molar-refractivity contribution in [2.45, 2.75) is 6.54 Å². The molecule has 0 atom stereocenters. The lowest BCUT2D eigenvalue weighted by Crippen LogP contribution is -2.38. The first-order valence-electron chi connectivity index (χ1n) is 5.35. The molecule has 0 radical (unpaired) electrons. The van der Waals surface area contributed by atoms with E-state index in [1.54, 1.807) is 29.5 Å². The Labute approximate surface area is 111 Å². The van der Waals surface area contributed by atoms with Crippen LogP contribution in [0.5, 0.6) is 5.75 Å². The van der Waals surface area contributed by atoms with Crippen LogP contribution in [-0.4, -0.2) is 17.5 Å². The van der Waals surface area contributed by atoms with E-state index in [-0.39, 0.29) is 12.5 Å². The number of pyridine rings is 1. The standard InChI is InChI=1S/C12H9BrN2O3/c13-8-4-10-12(14-5-8)15(11(16)7-18-10)6-9-2-1-3-17-9/h1-5H,6-7H2. The maximum Gasteiger partial charge on any atom is 0.266 e. The number of hydrogen-bond donors (Lipinski definition) is 0. The van der Waals surface area contributed by atoms with Gasteiger partial charge in [0.2, 0.25) is 0 Å². The Morgan fingerprint density at radius 1 is 1.50 bits per heavy atom. The summed E-state index contributed by atoms with van der Waals surface area (Å²) in [6, 6.07) is 5.40. The van der Waals surface area contributed by atoms with Gasteiger partial charge >= 0.3 is 0 Å². The summed E-state index contributed by atoms with van der Waals surface area (Å²) in [4.78, 5) is 17.7. The molecule has 0 unspecified atom stereocenters. The van der Waals surface area contributed by atoms with Crippen molar-refractivity contribution in [1.82, 2.24) is 4.98 Å². The number of furan rings is 1. The van der Waals surface area contributed by atoms with E-state index in [2.05, 4.69) is 20.9 Å². The number of fused-ring (bicyclic) bond motifs is 1. The van der Waals surface area contributed by atoms with Crippen molar-refractivity contribution in [1.29, 1.82) is 0 Å². The van der Waals surface area contributed by atoms with Gasteiger partial charge in [-0.05, 0) is 34.1 Å². The average Bonchev–Trinajstić information content (AvgIpc) is 2.86. The molecule has 2 aromatic heterocycles. The van der Waals surface area contributed by atoms with Gasteiger partial charge in [-0.3, -0.25) is 9.69 Å². The summed E-state index contributed by atoms with van der Waals surface area (Å²) in [5, 5.41) is 0. The molecule has 3 heterocycles. The summed E-state index contributed by atoms with van der Waals surface area (Å²) < 4.78 is 11.4. The first-order valence-corrected chi connectivity index (χ1v) is 6.14. The summed E-state index contributed by atoms with van der Waals surface area (Å²) in [5.74, 6) is 1.69. The van der Waals surface area contributed by atoms with Crippen LogP contribution in [0.3, 0.4) is 0 Å². The Kier molecular flexibility index (Phi) is 2.79. The van der Waals surface area contributed by atoms with E-state index in [0.29, 0.717) is 23.9 Å². The van der Waals surface area contributed by atoms with Crippen LogP contribution >= 0.6 is 15.9 Å². The molecular weight excluding hydrogens is 300 g/mol. The number of halogens is 1. The number of aromatic nitrogens is 1. The number of carbonyl (C=O) groups is 1. The van der Waals surface area contributed by atoms with Gasteiger partial charge < -0.3 is 9.15 Å². The molecule has 1 aliphatic heterocycles. The van der Waals surface area contributed by atoms with Crippen LogP contribution in [0.25, 0.3) is 0 Å². The van der Waals surface area contributed by atoms with E-state index >= 15 is 0 Å². The molecule has 0 bridgehead atoms. The molecule has 3 rings (SSSR count). The van der Waals surface area contributed by atoms with Crippen LogP contribution in [-0.2, 0) is 11.3 Å². The molecule has 0 N–H and O–H groups in total. The van der Waals surface area contributed by atoms with E-state index < -0.39 is 0 Å². The Balaban J connectivity index is 1.96. The Morgan fingerprint density at radius 2 is 2.39 bits per heavy atom. The van der Waals surface area contributed by atoms with Gasteiger partial charge in [-0.15, -0.1) is 0 Å². The highest BCUT2D eigenvalue weighted by Crippen LogP contribution is 2.32. The SMILES string of the molecule is O=C1COc2cc(Br)cnc2N1Cc1ccco1. The van der Waals surface area contributed by atoms with Crippen LogP contribution in [0.1, 0.15) is 5.76 Å². The van der Waals surface area contributed by atoms with E-state index in [1.165, 1.54) is 0 Å². The molecule has 0 fully saturated rings. The predicted octanol–water partition coefficient (Wildman–Crippen LogP) is 2.36. The minimum Gasteiger partial charge on any atom is -0.480 e. The second-order valence-corrected chi connectivity index (χ2v) is 4.74. The number of rotatable bonds is 2. The molecule has 0 aliphatic carbocycles. The highest BCUT2D eigenvalue weighted by molar-refractivity contribution is 9.10. The molecule has 18 heavy (non-hydrogen) atoms. The molecule has 92 valence electrons. The fraction of sp³-hybridized carbons (Fsp3) is 0.167. The number of hydrogen-bond acceptors (Lipinski definition) is 4. The van der Waals surface area contributed by atoms with Crippen LogP contribution in [0.2, 0.25) is 0 Å². The average molecular weight is 309 g/mol. The Hall–Kier alpha value is -1.82. The van der Waals surface area contributed by atoms with Crippen molar-refractivity contribution in [3.63, 3.8) is 0 Å². The van der Waals surface area contributed by atoms with Crippen LogP contribution in [0, 0.1) is 0 Å². The number of amides is 1. The highest BCUT2D eigenvalue weighted by atomic mass is 79.9. The zero-order valence-corrected chi connectivity index (χ0v) is 10.9. The van der Waals surface area contributed by atoms with Crippen molar-refractivity contribution in [3.05, 3.63) is 40.9 Å². The second kappa shape index (κ2) is 4.45. The Bertz CT molecular complexity index is 583. The first-order chi connectivity index (χ1) is 8.74. The molecule has 5 nitrogen and oxygen atoms in total. The third kappa shape index (κ3) is 1.99. The largest absolute Gasteiger partial charge is 0.480 e. The van der Waals surface area contributed by atoms with Gasteiger partial charge in [0, 0.05) is 10.7 Å². The van der Waals surface area contributed by atoms with Gasteiger partial charge in [0.15, 0.2) is 18.2 Å². The predicted molar refractivity (Wildman–Crippen MR) is 67.3 cm³/mol. The molecule has 1 aliphatic rings. The fourth-order valence-electron chi connectivity index (χ4n) is 1.78. The van der Waals surface area contributed by atoms with E-state index in [0.717, 1.165) is 4.47 Å². The smallest absolute Gasteiger partial charge is 0.266 e. The molecule has 0 saturated carbocycles. The van der Waals surface area contributed by atoms with E-state index in [9.17, 15) is 4.79 Å². The maximum atomic E-state index is 11.9. The van der Waals surface area contributed by atoms with Gasteiger partial charge in [0.1, 0.15) is 5.76 Å². The van der Waals surface area contributed by atoms with Gasteiger partial charge in [-0.25, -0.2) is 4.98 Å². The van der Waals surface area contributed by atoms with Crippen molar-refractivity contribution >= 4 is 27.7 Å². The summed E-state index contributed by atoms with van der Waals surface area (Å²) in [7, 11) is 0. The molecule has 2 aromatic rings. The third-order valence-corrected chi connectivity index (χ3v) is 3.04. The molecule has 1 amide bonds. The van der Waals surface area contributed by atoms with Crippen molar-refractivity contribution < 1.29 is 13.9 Å². The zero-order chi connectivity index (χ0) is 12.5. The minimum absolute atomic E-state index is 0.0197. The molecule has 0 aromatic carbocycles. The normalized spacial score (nSPS) is 14.3. The van der Waals surface area contributed by atoms with Gasteiger partial charge in [-0.2, -0.15) is 0 Å². The first kappa shape index (κ1) is 11.3. The number of carbonyl (C=O) groups excluding carboxylic acids is 1. The van der Waals surface area contributed by atoms with Crippen molar-refractivity contribution in [2.75, 3.05) is 11.5 Å². The maximum absolute atomic E-state index is 11.9. The molecule has 6 heteroatoms.